The van der Waals surface area contributed by atoms with E-state index >= 15 is 0 Å². The maximum absolute atomic E-state index is 7.09. The maximum atomic E-state index is 7.09. The predicted molar refractivity (Wildman–Crippen MR) is 353 cm³/mol. The molecule has 83 heavy (non-hydrogen) atoms. The predicted octanol–water partition coefficient (Wildman–Crippen LogP) is 23.5. The summed E-state index contributed by atoms with van der Waals surface area (Å²) in [5.41, 5.74) is 13.8. The van der Waals surface area contributed by atoms with Crippen LogP contribution < -0.4 is 29.5 Å². The Hall–Kier alpha value is -9.50. The summed E-state index contributed by atoms with van der Waals surface area (Å²) in [6.45, 7) is 4.19. The molecule has 0 amide bonds. The Labute approximate surface area is 505 Å². The van der Waals surface area contributed by atoms with Gasteiger partial charge in [-0.3, -0.25) is 0 Å². The lowest BCUT2D eigenvalue weighted by Crippen LogP contribution is -2.10. The normalized spacial score (nSPS) is 10.5. The molecule has 0 atom stereocenters. The highest BCUT2D eigenvalue weighted by molar-refractivity contribution is 9.10. The lowest BCUT2D eigenvalue weighted by Gasteiger charge is -2.27. The Morgan fingerprint density at radius 1 is 0.301 bits per heavy atom. The molecule has 1 N–H and O–H groups in total. The Morgan fingerprint density at radius 2 is 0.614 bits per heavy atom. The molecule has 0 radical (unpaired) electrons. The molecule has 408 valence electrons. The van der Waals surface area contributed by atoms with Crippen LogP contribution in [0.1, 0.15) is 11.1 Å². The largest absolute Gasteiger partial charge is 0.456 e. The number of hydrogen-bond donors (Lipinski definition) is 1. The van der Waals surface area contributed by atoms with Crippen molar-refractivity contribution in [1.29, 1.82) is 0 Å². The van der Waals surface area contributed by atoms with Gasteiger partial charge >= 0.3 is 0 Å². The van der Waals surface area contributed by atoms with Crippen LogP contribution >= 0.6 is 39.1 Å². The summed E-state index contributed by atoms with van der Waals surface area (Å²) in [6, 6.07) is 106. The summed E-state index contributed by atoms with van der Waals surface area (Å²) < 4.78 is 13.4. The number of benzene rings is 12. The molecule has 12 rings (SSSR count). The molecule has 0 heterocycles. The topological polar surface area (TPSA) is 40.2 Å². The first-order valence-corrected chi connectivity index (χ1v) is 28.7. The SMILES string of the molecule is Cc1ccc(N(c2ccccc2)c2cccc(Oc3cccc(Br)c3Cl)c2)cc1.Cc1ccc(N(c2ccccc2)c2cccc(Oc3cccc(N(c4ccccc4)c4ccccc4)c3Cl)c2)cc1.c1ccc(Nc2ccccc2)cc1. The fourth-order valence-electron chi connectivity index (χ4n) is 9.17. The van der Waals surface area contributed by atoms with Gasteiger partial charge in [-0.1, -0.05) is 192 Å². The molecule has 0 unspecified atom stereocenters. The minimum atomic E-state index is 0.532. The summed E-state index contributed by atoms with van der Waals surface area (Å²) in [5, 5.41) is 4.39. The molecule has 0 fully saturated rings. The van der Waals surface area contributed by atoms with Crippen LogP contribution in [0.4, 0.5) is 62.6 Å². The van der Waals surface area contributed by atoms with Gasteiger partial charge in [0.1, 0.15) is 28.0 Å². The monoisotopic (exact) mass is 1180 g/mol. The van der Waals surface area contributed by atoms with Gasteiger partial charge in [0, 0.05) is 73.5 Å². The van der Waals surface area contributed by atoms with E-state index in [1.54, 1.807) is 0 Å². The van der Waals surface area contributed by atoms with Crippen LogP contribution in [0, 0.1) is 13.8 Å². The molecule has 0 spiro atoms. The minimum Gasteiger partial charge on any atom is -0.456 e. The van der Waals surface area contributed by atoms with Gasteiger partial charge in [-0.2, -0.15) is 0 Å². The summed E-state index contributed by atoms with van der Waals surface area (Å²) in [7, 11) is 0. The molecule has 12 aromatic rings. The molecule has 0 aliphatic heterocycles. The number of halogens is 3. The fraction of sp³-hybridized carbons (Fsp3) is 0.0270. The third-order valence-corrected chi connectivity index (χ3v) is 14.8. The Kier molecular flexibility index (Phi) is 19.3. The fourth-order valence-corrected chi connectivity index (χ4v) is 9.93. The zero-order chi connectivity index (χ0) is 57.2. The number of anilines is 11. The van der Waals surface area contributed by atoms with Gasteiger partial charge in [0.2, 0.25) is 0 Å². The highest BCUT2D eigenvalue weighted by Crippen LogP contribution is 2.45. The first kappa shape index (κ1) is 56.8. The molecule has 0 saturated carbocycles. The van der Waals surface area contributed by atoms with Gasteiger partial charge in [0.25, 0.3) is 0 Å². The third-order valence-electron chi connectivity index (χ3n) is 13.2. The number of hydrogen-bond acceptors (Lipinski definition) is 6. The quantitative estimate of drug-likeness (QED) is 0.110. The van der Waals surface area contributed by atoms with Crippen LogP contribution in [0.5, 0.6) is 23.0 Å². The average molecular weight is 1190 g/mol. The Bertz CT molecular complexity index is 3860. The van der Waals surface area contributed by atoms with E-state index in [1.807, 2.05) is 206 Å². The maximum Gasteiger partial charge on any atom is 0.148 e. The number of nitrogens with zero attached hydrogens (tertiary/aromatic N) is 3. The van der Waals surface area contributed by atoms with Gasteiger partial charge in [-0.15, -0.1) is 0 Å². The van der Waals surface area contributed by atoms with E-state index in [-0.39, 0.29) is 0 Å². The Balaban J connectivity index is 0.000000158. The number of para-hydroxylation sites is 6. The molecule has 0 aromatic heterocycles. The van der Waals surface area contributed by atoms with Crippen LogP contribution in [0.3, 0.4) is 0 Å². The van der Waals surface area contributed by atoms with Crippen LogP contribution in [-0.4, -0.2) is 0 Å². The molecule has 0 aliphatic carbocycles. The molecule has 0 aliphatic rings. The van der Waals surface area contributed by atoms with Crippen molar-refractivity contribution in [1.82, 2.24) is 0 Å². The molecule has 12 aromatic carbocycles. The second-order valence-corrected chi connectivity index (χ2v) is 20.8. The molecular formula is C74H59BrCl2N4O2. The third kappa shape index (κ3) is 15.1. The van der Waals surface area contributed by atoms with Crippen molar-refractivity contribution in [2.24, 2.45) is 0 Å². The lowest BCUT2D eigenvalue weighted by molar-refractivity contribution is 0.482. The highest BCUT2D eigenvalue weighted by atomic mass is 79.9. The number of rotatable bonds is 15. The van der Waals surface area contributed by atoms with Crippen molar-refractivity contribution >= 4 is 102 Å². The molecule has 0 bridgehead atoms. The second-order valence-electron chi connectivity index (χ2n) is 19.2. The van der Waals surface area contributed by atoms with Crippen molar-refractivity contribution in [2.75, 3.05) is 20.0 Å². The first-order chi connectivity index (χ1) is 40.7. The van der Waals surface area contributed by atoms with E-state index in [0.29, 0.717) is 27.3 Å². The zero-order valence-electron chi connectivity index (χ0n) is 45.8. The van der Waals surface area contributed by atoms with Crippen LogP contribution in [0.25, 0.3) is 0 Å². The number of ether oxygens (including phenoxy) is 2. The average Bonchev–Trinajstić information content (AvgIpc) is 3.68. The summed E-state index contributed by atoms with van der Waals surface area (Å²) >= 11 is 16.9. The highest BCUT2D eigenvalue weighted by Gasteiger charge is 2.20. The molecule has 0 saturated heterocycles. The summed E-state index contributed by atoms with van der Waals surface area (Å²) in [6.07, 6.45) is 0. The van der Waals surface area contributed by atoms with Gasteiger partial charge in [-0.25, -0.2) is 0 Å². The Morgan fingerprint density at radius 3 is 1.01 bits per heavy atom. The van der Waals surface area contributed by atoms with Gasteiger partial charge < -0.3 is 29.5 Å². The van der Waals surface area contributed by atoms with Crippen LogP contribution in [0.2, 0.25) is 10.0 Å². The summed E-state index contributed by atoms with van der Waals surface area (Å²) in [4.78, 5) is 6.56. The van der Waals surface area contributed by atoms with Crippen molar-refractivity contribution < 1.29 is 9.47 Å². The van der Waals surface area contributed by atoms with Crippen LogP contribution in [0.15, 0.2) is 320 Å². The van der Waals surface area contributed by atoms with E-state index in [0.717, 1.165) is 72.8 Å². The van der Waals surface area contributed by atoms with E-state index in [1.165, 1.54) is 11.1 Å². The van der Waals surface area contributed by atoms with Crippen molar-refractivity contribution in [2.45, 2.75) is 13.8 Å². The first-order valence-electron chi connectivity index (χ1n) is 27.1. The minimum absolute atomic E-state index is 0.532. The van der Waals surface area contributed by atoms with E-state index in [9.17, 15) is 0 Å². The van der Waals surface area contributed by atoms with Gasteiger partial charge in [0.15, 0.2) is 0 Å². The van der Waals surface area contributed by atoms with Gasteiger partial charge in [-0.05, 0) is 175 Å². The molecule has 9 heteroatoms. The van der Waals surface area contributed by atoms with Crippen LogP contribution in [-0.2, 0) is 0 Å². The van der Waals surface area contributed by atoms with E-state index < -0.39 is 0 Å². The molecular weight excluding hydrogens is 1130 g/mol. The lowest BCUT2D eigenvalue weighted by atomic mass is 10.1. The van der Waals surface area contributed by atoms with Gasteiger partial charge in [0.05, 0.1) is 10.7 Å². The summed E-state index contributed by atoms with van der Waals surface area (Å²) in [5.74, 6) is 2.61. The number of nitrogens with one attached hydrogen (secondary N) is 1. The number of aryl methyl sites for hydroxylation is 2. The zero-order valence-corrected chi connectivity index (χ0v) is 48.9. The standard InChI is InChI=1S/C37H29ClN2O.C25H19BrClNO.C12H11N/c1-28-23-25-32(26-24-28)39(29-13-5-2-6-14-29)33-19-11-20-34(27-33)41-36-22-12-21-35(37(36)38)40(30-15-7-3-8-16-30)31-17-9-4-10-18-31;1-18-13-15-20(16-14-18)28(19-7-3-2-4-8-19)21-9-5-10-22(17-21)29-24-12-6-11-23(26)25(24)27;1-3-7-11(8-4-1)13-12-9-5-2-6-10-12/h2-27H,1H3;2-17H,1H3;1-10,13H. The van der Waals surface area contributed by atoms with Crippen molar-refractivity contribution in [3.8, 4) is 23.0 Å². The van der Waals surface area contributed by atoms with Crippen molar-refractivity contribution in [3.63, 3.8) is 0 Å². The van der Waals surface area contributed by atoms with E-state index in [2.05, 4.69) is 159 Å². The van der Waals surface area contributed by atoms with E-state index in [4.69, 9.17) is 32.7 Å². The van der Waals surface area contributed by atoms with Crippen molar-refractivity contribution in [3.05, 3.63) is 341 Å². The second kappa shape index (κ2) is 28.3. The smallest absolute Gasteiger partial charge is 0.148 e. The molecule has 6 nitrogen and oxygen atoms in total.